The second kappa shape index (κ2) is 10.5. The summed E-state index contributed by atoms with van der Waals surface area (Å²) in [6.07, 6.45) is 4.57. The van der Waals surface area contributed by atoms with Gasteiger partial charge in [0, 0.05) is 32.9 Å². The van der Waals surface area contributed by atoms with Crippen LogP contribution in [-0.2, 0) is 16.4 Å². The summed E-state index contributed by atoms with van der Waals surface area (Å²) in [5.41, 5.74) is 12.5. The van der Waals surface area contributed by atoms with Crippen LogP contribution in [0.15, 0.2) is 127 Å². The quantitative estimate of drug-likeness (QED) is 0.175. The molecular formula is C49H37NO2. The zero-order valence-corrected chi connectivity index (χ0v) is 30.0. The second-order valence-electron chi connectivity index (χ2n) is 15.5. The lowest BCUT2D eigenvalue weighted by atomic mass is 9.75. The highest BCUT2D eigenvalue weighted by atomic mass is 16.5. The standard InChI is InChI=1S/C49H37NO2/c1-47(2)41-26-30-12-8-7-11-29(30)25-40(41)35-21-17-32(27-42(35)47)49(31-15-19-34(51-6)20-16-31)24-23-39-45-44(36-13-9-10-14-37(36)46(39)52-49)38-22-18-33(50-5)28-43(38)48(45,3)4/h7-28H,1-4,6H3. The van der Waals surface area contributed by atoms with Crippen molar-refractivity contribution >= 4 is 33.3 Å². The Hall–Kier alpha value is -6.11. The molecule has 0 spiro atoms. The van der Waals surface area contributed by atoms with Crippen molar-refractivity contribution in [3.05, 3.63) is 178 Å². The number of hydrogen-bond acceptors (Lipinski definition) is 2. The molecule has 3 nitrogen and oxygen atoms in total. The van der Waals surface area contributed by atoms with Gasteiger partial charge in [-0.3, -0.25) is 0 Å². The van der Waals surface area contributed by atoms with Crippen LogP contribution in [0.2, 0.25) is 0 Å². The fourth-order valence-corrected chi connectivity index (χ4v) is 9.46. The van der Waals surface area contributed by atoms with Gasteiger partial charge >= 0.3 is 0 Å². The summed E-state index contributed by atoms with van der Waals surface area (Å²) in [4.78, 5) is 3.79. The molecule has 1 aliphatic heterocycles. The highest BCUT2D eigenvalue weighted by Crippen LogP contribution is 2.59. The Morgan fingerprint density at radius 2 is 1.27 bits per heavy atom. The minimum atomic E-state index is -0.909. The zero-order valence-electron chi connectivity index (χ0n) is 30.0. The summed E-state index contributed by atoms with van der Waals surface area (Å²) in [7, 11) is 1.70. The minimum absolute atomic E-state index is 0.199. The van der Waals surface area contributed by atoms with Crippen LogP contribution in [0.4, 0.5) is 5.69 Å². The van der Waals surface area contributed by atoms with Crippen LogP contribution in [0, 0.1) is 6.57 Å². The maximum atomic E-state index is 7.74. The first kappa shape index (κ1) is 30.7. The van der Waals surface area contributed by atoms with Crippen LogP contribution in [0.5, 0.6) is 11.5 Å². The van der Waals surface area contributed by atoms with Crippen LogP contribution in [0.3, 0.4) is 0 Å². The smallest absolute Gasteiger partial charge is 0.187 e. The van der Waals surface area contributed by atoms with Gasteiger partial charge in [-0.2, -0.15) is 0 Å². The van der Waals surface area contributed by atoms with Crippen LogP contribution >= 0.6 is 0 Å². The van der Waals surface area contributed by atoms with Crippen molar-refractivity contribution in [1.29, 1.82) is 0 Å². The van der Waals surface area contributed by atoms with E-state index in [1.807, 2.05) is 18.2 Å². The average Bonchev–Trinajstić information content (AvgIpc) is 3.55. The number of ether oxygens (including phenoxy) is 2. The maximum absolute atomic E-state index is 7.74. The van der Waals surface area contributed by atoms with Crippen molar-refractivity contribution in [2.24, 2.45) is 0 Å². The SMILES string of the molecule is [C-]#[N+]c1ccc2c(c1)C(C)(C)c1c3c(c4ccccc4c1-2)OC(c1ccc(OC)cc1)(c1ccc2c(c1)C(C)(C)c1cc4ccccc4cc1-2)C=C3. The van der Waals surface area contributed by atoms with Crippen LogP contribution in [0.1, 0.15) is 66.6 Å². The Kier molecular flexibility index (Phi) is 6.18. The van der Waals surface area contributed by atoms with Gasteiger partial charge in [0.05, 0.1) is 13.7 Å². The van der Waals surface area contributed by atoms with E-state index in [1.165, 1.54) is 55.3 Å². The molecule has 250 valence electrons. The van der Waals surface area contributed by atoms with Gasteiger partial charge in [0.15, 0.2) is 11.3 Å². The molecule has 0 amide bonds. The third-order valence-electron chi connectivity index (χ3n) is 12.1. The molecule has 1 atom stereocenters. The molecule has 1 heterocycles. The summed E-state index contributed by atoms with van der Waals surface area (Å²) >= 11 is 0. The van der Waals surface area contributed by atoms with E-state index >= 15 is 0 Å². The van der Waals surface area contributed by atoms with E-state index in [-0.39, 0.29) is 10.8 Å². The molecule has 10 rings (SSSR count). The number of methoxy groups -OCH3 is 1. The maximum Gasteiger partial charge on any atom is 0.187 e. The Balaban J connectivity index is 1.22. The third kappa shape index (κ3) is 3.95. The summed E-state index contributed by atoms with van der Waals surface area (Å²) < 4.78 is 13.2. The number of rotatable bonds is 3. The summed E-state index contributed by atoms with van der Waals surface area (Å²) in [5, 5.41) is 4.77. The van der Waals surface area contributed by atoms with Gasteiger partial charge in [-0.25, -0.2) is 4.85 Å². The van der Waals surface area contributed by atoms with Gasteiger partial charge in [-0.05, 0) is 97.1 Å². The lowest BCUT2D eigenvalue weighted by molar-refractivity contribution is 0.163. The van der Waals surface area contributed by atoms with Crippen molar-refractivity contribution in [2.45, 2.75) is 44.1 Å². The van der Waals surface area contributed by atoms with Crippen LogP contribution < -0.4 is 9.47 Å². The molecule has 2 aliphatic carbocycles. The monoisotopic (exact) mass is 671 g/mol. The largest absolute Gasteiger partial charge is 0.497 e. The van der Waals surface area contributed by atoms with Crippen molar-refractivity contribution in [1.82, 2.24) is 0 Å². The predicted octanol–water partition coefficient (Wildman–Crippen LogP) is 12.5. The molecule has 0 saturated heterocycles. The van der Waals surface area contributed by atoms with Crippen LogP contribution in [0.25, 0.3) is 54.7 Å². The molecular weight excluding hydrogens is 635 g/mol. The normalized spacial score (nSPS) is 18.2. The predicted molar refractivity (Wildman–Crippen MR) is 213 cm³/mol. The number of benzene rings is 7. The Bertz CT molecular complexity index is 2760. The van der Waals surface area contributed by atoms with Crippen molar-refractivity contribution in [3.8, 4) is 33.8 Å². The van der Waals surface area contributed by atoms with Crippen molar-refractivity contribution in [2.75, 3.05) is 7.11 Å². The zero-order chi connectivity index (χ0) is 35.6. The highest BCUT2D eigenvalue weighted by Gasteiger charge is 2.45. The van der Waals surface area contributed by atoms with Crippen molar-refractivity contribution in [3.63, 3.8) is 0 Å². The Morgan fingerprint density at radius 1 is 0.615 bits per heavy atom. The van der Waals surface area contributed by atoms with Gasteiger partial charge in [-0.1, -0.05) is 125 Å². The summed E-state index contributed by atoms with van der Waals surface area (Å²) in [5.74, 6) is 1.69. The Morgan fingerprint density at radius 3 is 2.02 bits per heavy atom. The molecule has 0 fully saturated rings. The molecule has 7 aromatic rings. The van der Waals surface area contributed by atoms with E-state index in [9.17, 15) is 0 Å². The average molecular weight is 672 g/mol. The molecule has 3 aliphatic rings. The Labute approximate surface area is 304 Å². The molecule has 52 heavy (non-hydrogen) atoms. The van der Waals surface area contributed by atoms with Gasteiger partial charge in [-0.15, -0.1) is 0 Å². The molecule has 0 N–H and O–H groups in total. The van der Waals surface area contributed by atoms with Crippen LogP contribution in [-0.4, -0.2) is 7.11 Å². The fourth-order valence-electron chi connectivity index (χ4n) is 9.46. The van der Waals surface area contributed by atoms with Gasteiger partial charge in [0.2, 0.25) is 0 Å². The lowest BCUT2D eigenvalue weighted by Gasteiger charge is -2.39. The molecule has 0 aromatic heterocycles. The molecule has 0 radical (unpaired) electrons. The van der Waals surface area contributed by atoms with E-state index in [0.717, 1.165) is 39.0 Å². The topological polar surface area (TPSA) is 22.8 Å². The minimum Gasteiger partial charge on any atom is -0.497 e. The number of nitrogens with zero attached hydrogens (tertiary/aromatic N) is 1. The molecule has 7 aromatic carbocycles. The van der Waals surface area contributed by atoms with E-state index in [2.05, 4.69) is 148 Å². The first-order chi connectivity index (χ1) is 25.2. The first-order valence-electron chi connectivity index (χ1n) is 18.0. The molecule has 1 unspecified atom stereocenters. The molecule has 0 bridgehead atoms. The molecule has 0 saturated carbocycles. The summed E-state index contributed by atoms with van der Waals surface area (Å²) in [6.45, 7) is 17.0. The lowest BCUT2D eigenvalue weighted by Crippen LogP contribution is -2.35. The number of fused-ring (bicyclic) bond motifs is 12. The number of hydrogen-bond donors (Lipinski definition) is 0. The molecule has 3 heteroatoms. The fraction of sp³-hybridized carbons (Fsp3) is 0.163. The van der Waals surface area contributed by atoms with Crippen molar-refractivity contribution < 1.29 is 9.47 Å². The van der Waals surface area contributed by atoms with E-state index in [4.69, 9.17) is 16.0 Å². The van der Waals surface area contributed by atoms with E-state index < -0.39 is 5.60 Å². The van der Waals surface area contributed by atoms with E-state index in [1.54, 1.807) is 7.11 Å². The second-order valence-corrected chi connectivity index (χ2v) is 15.5. The summed E-state index contributed by atoms with van der Waals surface area (Å²) in [6, 6.07) is 43.5. The first-order valence-corrected chi connectivity index (χ1v) is 18.0. The third-order valence-corrected chi connectivity index (χ3v) is 12.1. The van der Waals surface area contributed by atoms with E-state index in [0.29, 0.717) is 5.69 Å². The highest BCUT2D eigenvalue weighted by molar-refractivity contribution is 6.08. The van der Waals surface area contributed by atoms with Gasteiger partial charge in [0.1, 0.15) is 11.5 Å². The van der Waals surface area contributed by atoms with Gasteiger partial charge in [0.25, 0.3) is 0 Å². The van der Waals surface area contributed by atoms with Gasteiger partial charge < -0.3 is 9.47 Å².